The lowest BCUT2D eigenvalue weighted by atomic mass is 10.0. The van der Waals surface area contributed by atoms with Crippen LogP contribution in [0.25, 0.3) is 0 Å². The van der Waals surface area contributed by atoms with E-state index in [1.54, 1.807) is 0 Å². The second kappa shape index (κ2) is 16.6. The molecule has 2 atom stereocenters. The van der Waals surface area contributed by atoms with Crippen LogP contribution in [0, 0.1) is 0 Å². The van der Waals surface area contributed by atoms with Crippen LogP contribution in [0.4, 0.5) is 0 Å². The smallest absolute Gasteiger partial charge is 0.143 e. The first-order chi connectivity index (χ1) is 12.3. The molecular weight excluding hydrogens is 350 g/mol. The number of hydrogen-bond acceptors (Lipinski definition) is 5. The lowest BCUT2D eigenvalue weighted by molar-refractivity contribution is -0.00794. The van der Waals surface area contributed by atoms with E-state index in [-0.39, 0.29) is 6.79 Å². The predicted octanol–water partition coefficient (Wildman–Crippen LogP) is 3.57. The molecule has 0 amide bonds. The fraction of sp³-hybridized carbons (Fsp3) is 1.00. The molecule has 0 spiro atoms. The molecule has 1 aliphatic rings. The van der Waals surface area contributed by atoms with Gasteiger partial charge in [-0.15, -0.1) is 0 Å². The van der Waals surface area contributed by atoms with Gasteiger partial charge < -0.3 is 19.5 Å². The van der Waals surface area contributed by atoms with Crippen molar-refractivity contribution in [1.29, 1.82) is 0 Å². The highest BCUT2D eigenvalue weighted by atomic mass is 32.1. The van der Waals surface area contributed by atoms with E-state index >= 15 is 0 Å². The lowest BCUT2D eigenvalue weighted by Gasteiger charge is -2.39. The molecule has 1 rings (SSSR count). The summed E-state index contributed by atoms with van der Waals surface area (Å²) in [5.41, 5.74) is 0. The second-order valence-corrected chi connectivity index (χ2v) is 10.9. The van der Waals surface area contributed by atoms with Crippen molar-refractivity contribution in [2.75, 3.05) is 32.3 Å². The van der Waals surface area contributed by atoms with Crippen molar-refractivity contribution < 1.29 is 14.9 Å². The summed E-state index contributed by atoms with van der Waals surface area (Å²) < 4.78 is 8.18. The maximum atomic E-state index is 8.95. The Hall–Kier alpha value is 0.407. The van der Waals surface area contributed by atoms with Crippen LogP contribution in [0.2, 0.25) is 12.1 Å². The summed E-state index contributed by atoms with van der Waals surface area (Å²) in [5.74, 6) is 1.01. The molecule has 2 N–H and O–H groups in total. The van der Waals surface area contributed by atoms with Gasteiger partial charge in [-0.1, -0.05) is 38.5 Å². The number of rotatable bonds is 14. The molecule has 1 fully saturated rings. The van der Waals surface area contributed by atoms with Gasteiger partial charge >= 0.3 is 0 Å². The van der Waals surface area contributed by atoms with Crippen molar-refractivity contribution in [3.63, 3.8) is 0 Å². The molecule has 1 saturated heterocycles. The summed E-state index contributed by atoms with van der Waals surface area (Å²) in [6.45, 7) is 2.09. The molecule has 6 heteroatoms. The van der Waals surface area contributed by atoms with Gasteiger partial charge in [-0.25, -0.2) is 0 Å². The fourth-order valence-corrected chi connectivity index (χ4v) is 8.45. The van der Waals surface area contributed by atoms with Crippen molar-refractivity contribution in [1.82, 2.24) is 4.57 Å². The summed E-state index contributed by atoms with van der Waals surface area (Å²) >= 11 is 4.44. The Morgan fingerprint density at radius 1 is 0.960 bits per heavy atom. The Balaban J connectivity index is 2.62. The van der Waals surface area contributed by atoms with E-state index in [1.165, 1.54) is 70.0 Å². The minimum Gasteiger partial charge on any atom is -0.396 e. The molecule has 150 valence electrons. The van der Waals surface area contributed by atoms with Crippen molar-refractivity contribution >= 4 is 21.6 Å². The number of unbranched alkanes of at least 4 members (excludes halogenated alkanes) is 3. The van der Waals surface area contributed by atoms with Crippen LogP contribution < -0.4 is 0 Å². The predicted molar refractivity (Wildman–Crippen MR) is 112 cm³/mol. The summed E-state index contributed by atoms with van der Waals surface area (Å²) in [7, 11) is -0.881. The van der Waals surface area contributed by atoms with Crippen molar-refractivity contribution in [3.05, 3.63) is 0 Å². The second-order valence-electron chi connectivity index (χ2n) is 7.37. The van der Waals surface area contributed by atoms with Crippen LogP contribution in [-0.4, -0.2) is 62.1 Å². The van der Waals surface area contributed by atoms with Crippen LogP contribution in [0.15, 0.2) is 0 Å². The van der Waals surface area contributed by atoms with E-state index < -0.39 is 8.96 Å². The Bertz CT molecular complexity index is 298. The van der Waals surface area contributed by atoms with Gasteiger partial charge in [-0.2, -0.15) is 12.6 Å². The van der Waals surface area contributed by atoms with Crippen LogP contribution >= 0.6 is 12.6 Å². The normalized spacial score (nSPS) is 21.0. The molecule has 4 nitrogen and oxygen atoms in total. The van der Waals surface area contributed by atoms with Gasteiger partial charge in [0.1, 0.15) is 15.8 Å². The average molecular weight is 392 g/mol. The number of ether oxygens (including phenoxy) is 1. The third-order valence-electron chi connectivity index (χ3n) is 5.47. The Labute approximate surface area is 162 Å². The van der Waals surface area contributed by atoms with Crippen LogP contribution in [0.1, 0.15) is 70.6 Å². The first-order valence-corrected chi connectivity index (χ1v) is 13.3. The quantitative estimate of drug-likeness (QED) is 0.183. The van der Waals surface area contributed by atoms with Gasteiger partial charge in [0.05, 0.1) is 6.61 Å². The maximum absolute atomic E-state index is 8.95. The van der Waals surface area contributed by atoms with E-state index in [9.17, 15) is 0 Å². The molecule has 0 radical (unpaired) electrons. The molecule has 0 bridgehead atoms. The molecule has 25 heavy (non-hydrogen) atoms. The van der Waals surface area contributed by atoms with E-state index in [0.717, 1.165) is 25.0 Å². The Kier molecular flexibility index (Phi) is 15.5. The maximum Gasteiger partial charge on any atom is 0.143 e. The van der Waals surface area contributed by atoms with Gasteiger partial charge in [0.25, 0.3) is 0 Å². The summed E-state index contributed by atoms with van der Waals surface area (Å²) in [5, 5.41) is 17.9. The lowest BCUT2D eigenvalue weighted by Crippen LogP contribution is -2.48. The zero-order valence-corrected chi connectivity index (χ0v) is 18.1. The number of aliphatic hydroxyl groups is 2. The first kappa shape index (κ1) is 23.4. The highest BCUT2D eigenvalue weighted by Gasteiger charge is 2.27. The summed E-state index contributed by atoms with van der Waals surface area (Å²) in [6.07, 6.45) is 13.6. The van der Waals surface area contributed by atoms with Gasteiger partial charge in [-0.3, -0.25) is 0 Å². The topological polar surface area (TPSA) is 52.9 Å². The molecule has 0 aromatic rings. The van der Waals surface area contributed by atoms with Gasteiger partial charge in [-0.05, 0) is 56.5 Å². The Morgan fingerprint density at radius 2 is 1.76 bits per heavy atom. The summed E-state index contributed by atoms with van der Waals surface area (Å²) in [4.78, 5) is 0. The first-order valence-electron chi connectivity index (χ1n) is 10.5. The van der Waals surface area contributed by atoms with Crippen molar-refractivity contribution in [3.8, 4) is 0 Å². The molecule has 2 unspecified atom stereocenters. The SMILES string of the molecule is OCCCCCCC(CCOCO)N1CCCCCC[SiH]1CCCS. The van der Waals surface area contributed by atoms with E-state index in [4.69, 9.17) is 14.9 Å². The van der Waals surface area contributed by atoms with Gasteiger partial charge in [0.2, 0.25) is 0 Å². The third-order valence-corrected chi connectivity index (χ3v) is 9.55. The van der Waals surface area contributed by atoms with Crippen molar-refractivity contribution in [2.45, 2.75) is 88.8 Å². The average Bonchev–Trinajstić information content (AvgIpc) is 2.60. The van der Waals surface area contributed by atoms with Crippen LogP contribution in [-0.2, 0) is 4.74 Å². The summed E-state index contributed by atoms with van der Waals surface area (Å²) in [6, 6.07) is 3.47. The van der Waals surface area contributed by atoms with Crippen LogP contribution in [0.3, 0.4) is 0 Å². The third kappa shape index (κ3) is 11.0. The van der Waals surface area contributed by atoms with Gasteiger partial charge in [0.15, 0.2) is 0 Å². The highest BCUT2D eigenvalue weighted by molar-refractivity contribution is 7.80. The molecule has 0 aromatic heterocycles. The number of thiol groups is 1. The molecular formula is C19H41NO3SSi. The molecule has 1 heterocycles. The molecule has 0 aliphatic carbocycles. The number of nitrogens with zero attached hydrogens (tertiary/aromatic N) is 1. The zero-order chi connectivity index (χ0) is 18.2. The molecule has 0 saturated carbocycles. The minimum absolute atomic E-state index is 0.163. The fourth-order valence-electron chi connectivity index (χ4n) is 4.10. The number of aliphatic hydroxyl groups excluding tert-OH is 2. The zero-order valence-electron chi connectivity index (χ0n) is 16.1. The van der Waals surface area contributed by atoms with Crippen molar-refractivity contribution in [2.24, 2.45) is 0 Å². The van der Waals surface area contributed by atoms with E-state index in [2.05, 4.69) is 17.2 Å². The largest absolute Gasteiger partial charge is 0.396 e. The van der Waals surface area contributed by atoms with E-state index in [1.807, 2.05) is 0 Å². The molecule has 1 aliphatic heterocycles. The monoisotopic (exact) mass is 391 g/mol. The Morgan fingerprint density at radius 3 is 2.52 bits per heavy atom. The van der Waals surface area contributed by atoms with Gasteiger partial charge in [0, 0.05) is 12.6 Å². The minimum atomic E-state index is -0.881. The highest BCUT2D eigenvalue weighted by Crippen LogP contribution is 2.25. The number of hydrogen-bond donors (Lipinski definition) is 3. The molecule has 0 aromatic carbocycles. The van der Waals surface area contributed by atoms with Crippen LogP contribution in [0.5, 0.6) is 0 Å². The standard InChI is InChI=1S/C19H41NO3SSi/c21-13-7-3-1-5-10-19(11-14-23-18-22)20-12-6-2-4-8-16-25(20)17-9-15-24/h19,21-22,24-25H,1-18H2. The van der Waals surface area contributed by atoms with E-state index in [0.29, 0.717) is 19.3 Å².